The summed E-state index contributed by atoms with van der Waals surface area (Å²) in [6, 6.07) is 8.21. The molecule has 0 radical (unpaired) electrons. The number of carbonyl (C=O) groups is 1. The van der Waals surface area contributed by atoms with E-state index in [9.17, 15) is 4.79 Å². The summed E-state index contributed by atoms with van der Waals surface area (Å²) in [5.74, 6) is 0.0758. The Labute approximate surface area is 115 Å². The molecule has 0 aromatic heterocycles. The van der Waals surface area contributed by atoms with Crippen LogP contribution >= 0.6 is 0 Å². The zero-order valence-corrected chi connectivity index (χ0v) is 12.0. The number of hydrogen-bond donors (Lipinski definition) is 1. The largest absolute Gasteiger partial charge is 0.317 e. The van der Waals surface area contributed by atoms with Gasteiger partial charge in [0, 0.05) is 12.2 Å². The molecule has 19 heavy (non-hydrogen) atoms. The van der Waals surface area contributed by atoms with Crippen molar-refractivity contribution in [2.45, 2.75) is 51.5 Å². The molecule has 1 aromatic carbocycles. The Morgan fingerprint density at radius 3 is 2.63 bits per heavy atom. The topological polar surface area (TPSA) is 46.3 Å². The Morgan fingerprint density at radius 2 is 1.95 bits per heavy atom. The summed E-state index contributed by atoms with van der Waals surface area (Å²) in [7, 11) is 0. The molecule has 0 atom stereocenters. The van der Waals surface area contributed by atoms with E-state index >= 15 is 0 Å². The van der Waals surface area contributed by atoms with Gasteiger partial charge in [-0.1, -0.05) is 32.0 Å². The molecule has 0 spiro atoms. The van der Waals surface area contributed by atoms with E-state index in [4.69, 9.17) is 5.73 Å². The highest BCUT2D eigenvalue weighted by Gasteiger charge is 2.35. The van der Waals surface area contributed by atoms with E-state index in [0.717, 1.165) is 31.5 Å². The van der Waals surface area contributed by atoms with Gasteiger partial charge in [0.1, 0.15) is 0 Å². The molecule has 0 bridgehead atoms. The average Bonchev–Trinajstić information content (AvgIpc) is 2.68. The molecule has 1 heterocycles. The number of amides is 1. The summed E-state index contributed by atoms with van der Waals surface area (Å²) >= 11 is 0. The van der Waals surface area contributed by atoms with Gasteiger partial charge in [-0.25, -0.2) is 0 Å². The van der Waals surface area contributed by atoms with Gasteiger partial charge < -0.3 is 10.6 Å². The molecule has 3 nitrogen and oxygen atoms in total. The maximum Gasteiger partial charge on any atom is 0.247 e. The van der Waals surface area contributed by atoms with Crippen molar-refractivity contribution in [1.29, 1.82) is 0 Å². The van der Waals surface area contributed by atoms with E-state index in [-0.39, 0.29) is 5.91 Å². The second kappa shape index (κ2) is 5.74. The number of fused-ring (bicyclic) bond motifs is 1. The smallest absolute Gasteiger partial charge is 0.247 e. The first-order valence-electron chi connectivity index (χ1n) is 7.31. The lowest BCUT2D eigenvalue weighted by molar-refractivity contribution is -0.124. The third-order valence-corrected chi connectivity index (χ3v) is 4.29. The van der Waals surface area contributed by atoms with Gasteiger partial charge in [-0.05, 0) is 43.7 Å². The standard InChI is InChI=1S/C16H24N2O/c1-3-16(17,4-2)15(19)18-12-8-7-10-13-9-5-6-11-14(13)18/h5-6,9,11H,3-4,7-8,10,12,17H2,1-2H3. The predicted octanol–water partition coefficient (Wildman–Crippen LogP) is 2.87. The third-order valence-electron chi connectivity index (χ3n) is 4.29. The Balaban J connectivity index is 2.37. The number of aryl methyl sites for hydroxylation is 1. The van der Waals surface area contributed by atoms with Gasteiger partial charge in [0.15, 0.2) is 0 Å². The molecule has 1 aliphatic heterocycles. The van der Waals surface area contributed by atoms with Crippen LogP contribution in [0.3, 0.4) is 0 Å². The summed E-state index contributed by atoms with van der Waals surface area (Å²) in [4.78, 5) is 14.7. The van der Waals surface area contributed by atoms with Crippen LogP contribution in [-0.4, -0.2) is 18.0 Å². The maximum atomic E-state index is 12.8. The summed E-state index contributed by atoms with van der Waals surface area (Å²) in [6.07, 6.45) is 4.60. The van der Waals surface area contributed by atoms with E-state index in [2.05, 4.69) is 6.07 Å². The van der Waals surface area contributed by atoms with Gasteiger partial charge in [-0.15, -0.1) is 0 Å². The lowest BCUT2D eigenvalue weighted by Gasteiger charge is -2.33. The second-order valence-corrected chi connectivity index (χ2v) is 5.41. The van der Waals surface area contributed by atoms with Crippen LogP contribution in [0.2, 0.25) is 0 Å². The lowest BCUT2D eigenvalue weighted by Crippen LogP contribution is -2.55. The number of benzene rings is 1. The van der Waals surface area contributed by atoms with Crippen molar-refractivity contribution in [3.8, 4) is 0 Å². The fourth-order valence-electron chi connectivity index (χ4n) is 2.72. The van der Waals surface area contributed by atoms with E-state index in [1.807, 2.05) is 36.9 Å². The van der Waals surface area contributed by atoms with Crippen molar-refractivity contribution < 1.29 is 4.79 Å². The van der Waals surface area contributed by atoms with Crippen molar-refractivity contribution in [1.82, 2.24) is 0 Å². The number of nitrogens with two attached hydrogens (primary N) is 1. The molecule has 3 heteroatoms. The fraction of sp³-hybridized carbons (Fsp3) is 0.562. The van der Waals surface area contributed by atoms with Crippen LogP contribution < -0.4 is 10.6 Å². The molecular weight excluding hydrogens is 236 g/mol. The van der Waals surface area contributed by atoms with Gasteiger partial charge in [-0.3, -0.25) is 4.79 Å². The van der Waals surface area contributed by atoms with E-state index < -0.39 is 5.54 Å². The van der Waals surface area contributed by atoms with Gasteiger partial charge in [0.25, 0.3) is 0 Å². The van der Waals surface area contributed by atoms with E-state index in [1.54, 1.807) is 0 Å². The molecule has 2 N–H and O–H groups in total. The highest BCUT2D eigenvalue weighted by atomic mass is 16.2. The zero-order valence-electron chi connectivity index (χ0n) is 12.0. The monoisotopic (exact) mass is 260 g/mol. The predicted molar refractivity (Wildman–Crippen MR) is 79.2 cm³/mol. The molecule has 2 rings (SSSR count). The number of carbonyl (C=O) groups excluding carboxylic acids is 1. The summed E-state index contributed by atoms with van der Waals surface area (Å²) in [6.45, 7) is 4.77. The Hall–Kier alpha value is -1.35. The minimum atomic E-state index is -0.725. The van der Waals surface area contributed by atoms with Gasteiger partial charge in [-0.2, -0.15) is 0 Å². The summed E-state index contributed by atoms with van der Waals surface area (Å²) in [5.41, 5.74) is 7.89. The lowest BCUT2D eigenvalue weighted by atomic mass is 9.92. The van der Waals surface area contributed by atoms with Crippen molar-refractivity contribution in [2.24, 2.45) is 5.73 Å². The van der Waals surface area contributed by atoms with Crippen molar-refractivity contribution in [3.05, 3.63) is 29.8 Å². The molecule has 0 aliphatic carbocycles. The van der Waals surface area contributed by atoms with Crippen molar-refractivity contribution in [3.63, 3.8) is 0 Å². The number of para-hydroxylation sites is 1. The maximum absolute atomic E-state index is 12.8. The Morgan fingerprint density at radius 1 is 1.26 bits per heavy atom. The molecule has 1 aromatic rings. The van der Waals surface area contributed by atoms with Crippen molar-refractivity contribution >= 4 is 11.6 Å². The molecule has 1 aliphatic rings. The van der Waals surface area contributed by atoms with Gasteiger partial charge >= 0.3 is 0 Å². The van der Waals surface area contributed by atoms with Crippen LogP contribution in [0.4, 0.5) is 5.69 Å². The number of rotatable bonds is 3. The second-order valence-electron chi connectivity index (χ2n) is 5.41. The molecule has 0 unspecified atom stereocenters. The van der Waals surface area contributed by atoms with Crippen LogP contribution in [0.25, 0.3) is 0 Å². The Bertz CT molecular complexity index is 452. The summed E-state index contributed by atoms with van der Waals surface area (Å²) < 4.78 is 0. The molecule has 0 fully saturated rings. The molecule has 0 saturated carbocycles. The quantitative estimate of drug-likeness (QED) is 0.908. The first-order chi connectivity index (χ1) is 9.12. The SMILES string of the molecule is CCC(N)(CC)C(=O)N1CCCCc2ccccc21. The van der Waals surface area contributed by atoms with Crippen LogP contribution in [0.1, 0.15) is 45.1 Å². The highest BCUT2D eigenvalue weighted by molar-refractivity contribution is 6.00. The molecule has 104 valence electrons. The molecule has 0 saturated heterocycles. The average molecular weight is 260 g/mol. The number of hydrogen-bond acceptors (Lipinski definition) is 2. The number of anilines is 1. The van der Waals surface area contributed by atoms with Crippen LogP contribution in [-0.2, 0) is 11.2 Å². The van der Waals surface area contributed by atoms with Crippen LogP contribution in [0.15, 0.2) is 24.3 Å². The number of nitrogens with zero attached hydrogens (tertiary/aromatic N) is 1. The zero-order chi connectivity index (χ0) is 13.9. The molecule has 1 amide bonds. The summed E-state index contributed by atoms with van der Waals surface area (Å²) in [5, 5.41) is 0. The Kier molecular flexibility index (Phi) is 4.25. The van der Waals surface area contributed by atoms with E-state index in [0.29, 0.717) is 12.8 Å². The first-order valence-corrected chi connectivity index (χ1v) is 7.31. The minimum absolute atomic E-state index is 0.0758. The highest BCUT2D eigenvalue weighted by Crippen LogP contribution is 2.29. The van der Waals surface area contributed by atoms with Gasteiger partial charge in [0.2, 0.25) is 5.91 Å². The van der Waals surface area contributed by atoms with Gasteiger partial charge in [0.05, 0.1) is 5.54 Å². The third kappa shape index (κ3) is 2.66. The normalized spacial score (nSPS) is 15.8. The van der Waals surface area contributed by atoms with E-state index in [1.165, 1.54) is 5.56 Å². The first kappa shape index (κ1) is 14.1. The molecular formula is C16H24N2O. The minimum Gasteiger partial charge on any atom is -0.317 e. The fourth-order valence-corrected chi connectivity index (χ4v) is 2.72. The van der Waals surface area contributed by atoms with Crippen molar-refractivity contribution in [2.75, 3.05) is 11.4 Å². The van der Waals surface area contributed by atoms with Crippen LogP contribution in [0.5, 0.6) is 0 Å². The van der Waals surface area contributed by atoms with Crippen LogP contribution in [0, 0.1) is 0 Å².